The van der Waals surface area contributed by atoms with Crippen molar-refractivity contribution in [1.82, 2.24) is 15.3 Å². The van der Waals surface area contributed by atoms with Gasteiger partial charge in [-0.05, 0) is 49.6 Å². The van der Waals surface area contributed by atoms with Crippen molar-refractivity contribution in [1.29, 1.82) is 0 Å². The van der Waals surface area contributed by atoms with Gasteiger partial charge in [-0.1, -0.05) is 12.1 Å². The lowest BCUT2D eigenvalue weighted by Gasteiger charge is -2.16. The molecule has 0 saturated heterocycles. The molecule has 2 N–H and O–H groups in total. The zero-order valence-corrected chi connectivity index (χ0v) is 15.9. The molecular formula is C19H20N4O3S. The van der Waals surface area contributed by atoms with Gasteiger partial charge in [0.15, 0.2) is 0 Å². The number of carbonyl (C=O) groups excluding carboxylic acids is 1. The number of para-hydroxylation sites is 2. The summed E-state index contributed by atoms with van der Waals surface area (Å²) in [5, 5.41) is 14.0. The molecule has 2 aromatic carbocycles. The normalized spacial score (nSPS) is 12.1. The molecule has 1 heterocycles. The van der Waals surface area contributed by atoms with Crippen molar-refractivity contribution in [2.45, 2.75) is 19.4 Å². The zero-order valence-electron chi connectivity index (χ0n) is 15.1. The van der Waals surface area contributed by atoms with E-state index in [9.17, 15) is 14.9 Å². The van der Waals surface area contributed by atoms with Gasteiger partial charge >= 0.3 is 0 Å². The van der Waals surface area contributed by atoms with Crippen LogP contribution in [0.15, 0.2) is 42.5 Å². The standard InChI is InChI=1S/C19H20N4O3S/c1-12-11-13(7-8-17(12)23(25)26)19(24)22-16(9-10-27-2)18-20-14-5-3-4-6-15(14)21-18/h3-8,11,16H,9-10H2,1-2H3,(H,20,21)(H,22,24). The Morgan fingerprint density at radius 3 is 2.78 bits per heavy atom. The van der Waals surface area contributed by atoms with Crippen LogP contribution in [0.4, 0.5) is 5.69 Å². The lowest BCUT2D eigenvalue weighted by atomic mass is 10.1. The average molecular weight is 384 g/mol. The molecule has 0 aliphatic heterocycles. The molecule has 1 atom stereocenters. The summed E-state index contributed by atoms with van der Waals surface area (Å²) >= 11 is 1.69. The van der Waals surface area contributed by atoms with E-state index in [4.69, 9.17) is 0 Å². The first-order chi connectivity index (χ1) is 13.0. The van der Waals surface area contributed by atoms with Gasteiger partial charge in [0.05, 0.1) is 22.0 Å². The third-order valence-electron chi connectivity index (χ3n) is 4.31. The van der Waals surface area contributed by atoms with E-state index in [1.165, 1.54) is 18.2 Å². The number of nitrogens with zero attached hydrogens (tertiary/aromatic N) is 2. The minimum atomic E-state index is -0.452. The Morgan fingerprint density at radius 1 is 1.33 bits per heavy atom. The van der Waals surface area contributed by atoms with E-state index in [1.54, 1.807) is 18.7 Å². The Hall–Kier alpha value is -2.87. The number of fused-ring (bicyclic) bond motifs is 1. The van der Waals surface area contributed by atoms with Crippen molar-refractivity contribution in [3.8, 4) is 0 Å². The van der Waals surface area contributed by atoms with Gasteiger partial charge in [-0.3, -0.25) is 14.9 Å². The lowest BCUT2D eigenvalue weighted by molar-refractivity contribution is -0.385. The summed E-state index contributed by atoms with van der Waals surface area (Å²) < 4.78 is 0. The molecule has 7 nitrogen and oxygen atoms in total. The number of H-pyrrole nitrogens is 1. The first-order valence-corrected chi connectivity index (χ1v) is 9.88. The van der Waals surface area contributed by atoms with Gasteiger partial charge in [-0.15, -0.1) is 0 Å². The molecule has 0 saturated carbocycles. The van der Waals surface area contributed by atoms with E-state index in [0.29, 0.717) is 17.0 Å². The molecule has 1 unspecified atom stereocenters. The Balaban J connectivity index is 1.84. The number of thioether (sulfide) groups is 1. The second-order valence-electron chi connectivity index (χ2n) is 6.21. The molecule has 0 spiro atoms. The third kappa shape index (κ3) is 4.28. The van der Waals surface area contributed by atoms with Gasteiger partial charge in [-0.25, -0.2) is 4.98 Å². The summed E-state index contributed by atoms with van der Waals surface area (Å²) in [7, 11) is 0. The van der Waals surface area contributed by atoms with Gasteiger partial charge in [0, 0.05) is 17.2 Å². The van der Waals surface area contributed by atoms with Gasteiger partial charge < -0.3 is 10.3 Å². The molecule has 3 rings (SSSR count). The van der Waals surface area contributed by atoms with Crippen LogP contribution in [0.5, 0.6) is 0 Å². The van der Waals surface area contributed by atoms with Crippen molar-refractivity contribution in [3.63, 3.8) is 0 Å². The highest BCUT2D eigenvalue weighted by Gasteiger charge is 2.20. The van der Waals surface area contributed by atoms with Crippen LogP contribution in [0, 0.1) is 17.0 Å². The van der Waals surface area contributed by atoms with E-state index in [1.807, 2.05) is 30.5 Å². The van der Waals surface area contributed by atoms with Gasteiger partial charge in [0.2, 0.25) is 0 Å². The van der Waals surface area contributed by atoms with Crippen LogP contribution in [0.3, 0.4) is 0 Å². The molecule has 8 heteroatoms. The quantitative estimate of drug-likeness (QED) is 0.473. The van der Waals surface area contributed by atoms with Crippen LogP contribution in [0.25, 0.3) is 11.0 Å². The monoisotopic (exact) mass is 384 g/mol. The minimum absolute atomic E-state index is 0.00256. The van der Waals surface area contributed by atoms with Gasteiger partial charge in [0.1, 0.15) is 5.82 Å². The average Bonchev–Trinajstić information content (AvgIpc) is 3.08. The predicted octanol–water partition coefficient (Wildman–Crippen LogP) is 4.00. The molecule has 0 aliphatic carbocycles. The fourth-order valence-electron chi connectivity index (χ4n) is 2.89. The van der Waals surface area contributed by atoms with Gasteiger partial charge in [-0.2, -0.15) is 11.8 Å². The number of amides is 1. The van der Waals surface area contributed by atoms with E-state index >= 15 is 0 Å². The number of imidazole rings is 1. The number of nitro benzene ring substituents is 1. The number of nitrogens with one attached hydrogen (secondary N) is 2. The first-order valence-electron chi connectivity index (χ1n) is 8.49. The molecular weight excluding hydrogens is 364 g/mol. The number of nitro groups is 1. The molecule has 3 aromatic rings. The fourth-order valence-corrected chi connectivity index (χ4v) is 3.37. The van der Waals surface area contributed by atoms with Gasteiger partial charge in [0.25, 0.3) is 11.6 Å². The molecule has 0 radical (unpaired) electrons. The van der Waals surface area contributed by atoms with E-state index in [2.05, 4.69) is 15.3 Å². The second-order valence-corrected chi connectivity index (χ2v) is 7.19. The smallest absolute Gasteiger partial charge is 0.272 e. The number of hydrogen-bond acceptors (Lipinski definition) is 5. The fraction of sp³-hybridized carbons (Fsp3) is 0.263. The molecule has 27 heavy (non-hydrogen) atoms. The summed E-state index contributed by atoms with van der Waals surface area (Å²) in [5.74, 6) is 1.29. The van der Waals surface area contributed by atoms with Crippen molar-refractivity contribution < 1.29 is 9.72 Å². The maximum absolute atomic E-state index is 12.7. The highest BCUT2D eigenvalue weighted by atomic mass is 32.2. The van der Waals surface area contributed by atoms with Crippen LogP contribution in [0.1, 0.15) is 34.2 Å². The lowest BCUT2D eigenvalue weighted by Crippen LogP contribution is -2.29. The van der Waals surface area contributed by atoms with E-state index in [0.717, 1.165) is 23.2 Å². The molecule has 1 aromatic heterocycles. The van der Waals surface area contributed by atoms with Crippen molar-refractivity contribution in [2.24, 2.45) is 0 Å². The maximum atomic E-state index is 12.7. The SMILES string of the molecule is CSCCC(NC(=O)c1ccc([N+](=O)[O-])c(C)c1)c1nc2ccccc2[nH]1. The highest BCUT2D eigenvalue weighted by Crippen LogP contribution is 2.22. The molecule has 0 aliphatic rings. The summed E-state index contributed by atoms with van der Waals surface area (Å²) in [5.41, 5.74) is 2.62. The Bertz CT molecular complexity index is 953. The number of aromatic amines is 1. The van der Waals surface area contributed by atoms with Crippen molar-refractivity contribution in [3.05, 3.63) is 69.5 Å². The van der Waals surface area contributed by atoms with Crippen molar-refractivity contribution >= 4 is 34.4 Å². The summed E-state index contributed by atoms with van der Waals surface area (Å²) in [6.45, 7) is 1.62. The van der Waals surface area contributed by atoms with Crippen LogP contribution in [-0.2, 0) is 0 Å². The van der Waals surface area contributed by atoms with Crippen LogP contribution < -0.4 is 5.32 Å². The number of benzene rings is 2. The van der Waals surface area contributed by atoms with E-state index < -0.39 is 4.92 Å². The summed E-state index contributed by atoms with van der Waals surface area (Å²) in [4.78, 5) is 31.1. The third-order valence-corrected chi connectivity index (χ3v) is 4.95. The number of aryl methyl sites for hydroxylation is 1. The number of aromatic nitrogens is 2. The largest absolute Gasteiger partial charge is 0.342 e. The van der Waals surface area contributed by atoms with E-state index in [-0.39, 0.29) is 17.6 Å². The predicted molar refractivity (Wildman–Crippen MR) is 107 cm³/mol. The molecule has 1 amide bonds. The first kappa shape index (κ1) is 18.9. The van der Waals surface area contributed by atoms with Crippen molar-refractivity contribution in [2.75, 3.05) is 12.0 Å². The Kier molecular flexibility index (Phi) is 5.75. The molecule has 140 valence electrons. The molecule has 0 fully saturated rings. The topological polar surface area (TPSA) is 101 Å². The Labute approximate surface area is 160 Å². The van der Waals surface area contributed by atoms with Crippen LogP contribution in [-0.4, -0.2) is 32.8 Å². The zero-order chi connectivity index (χ0) is 19.4. The minimum Gasteiger partial charge on any atom is -0.342 e. The molecule has 0 bridgehead atoms. The number of rotatable bonds is 7. The maximum Gasteiger partial charge on any atom is 0.272 e. The highest BCUT2D eigenvalue weighted by molar-refractivity contribution is 7.98. The number of carbonyl (C=O) groups is 1. The summed E-state index contributed by atoms with van der Waals surface area (Å²) in [6, 6.07) is 11.8. The second kappa shape index (κ2) is 8.22. The Morgan fingerprint density at radius 2 is 2.11 bits per heavy atom. The number of hydrogen-bond donors (Lipinski definition) is 2. The summed E-state index contributed by atoms with van der Waals surface area (Å²) in [6.07, 6.45) is 2.73. The van der Waals surface area contributed by atoms with Crippen LogP contribution >= 0.6 is 11.8 Å². The van der Waals surface area contributed by atoms with Crippen LogP contribution in [0.2, 0.25) is 0 Å².